The Hall–Kier alpha value is -2.58. The summed E-state index contributed by atoms with van der Waals surface area (Å²) in [7, 11) is 0. The lowest BCUT2D eigenvalue weighted by molar-refractivity contribution is -0.0499. The van der Waals surface area contributed by atoms with E-state index in [9.17, 15) is 18.4 Å². The first-order valence-corrected chi connectivity index (χ1v) is 8.11. The maximum absolute atomic E-state index is 12.5. The van der Waals surface area contributed by atoms with Gasteiger partial charge < -0.3 is 24.4 Å². The Kier molecular flexibility index (Phi) is 5.89. The summed E-state index contributed by atoms with van der Waals surface area (Å²) >= 11 is 0. The van der Waals surface area contributed by atoms with Crippen LogP contribution in [0.4, 0.5) is 19.3 Å². The van der Waals surface area contributed by atoms with Crippen LogP contribution in [0.3, 0.4) is 0 Å². The number of hydrogen-bond acceptors (Lipinski definition) is 5. The van der Waals surface area contributed by atoms with Gasteiger partial charge >= 0.3 is 18.7 Å². The number of carboxylic acid groups (broad SMARTS) is 1. The van der Waals surface area contributed by atoms with Crippen molar-refractivity contribution in [3.05, 3.63) is 23.8 Å². The molecule has 1 amide bonds. The van der Waals surface area contributed by atoms with Crippen LogP contribution in [-0.2, 0) is 4.74 Å². The summed E-state index contributed by atoms with van der Waals surface area (Å²) in [4.78, 5) is 26.7. The zero-order valence-corrected chi connectivity index (χ0v) is 14.9. The third kappa shape index (κ3) is 5.47. The summed E-state index contributed by atoms with van der Waals surface area (Å²) in [5.74, 6) is -1.46. The SMILES string of the molecule is CC(C)(C)OC(=O)N1CCN(c2cc(OC(F)F)cc(C(=O)O)c2)CC1. The number of nitrogens with zero attached hydrogens (tertiary/aromatic N) is 2. The Morgan fingerprint density at radius 3 is 2.23 bits per heavy atom. The quantitative estimate of drug-likeness (QED) is 0.875. The summed E-state index contributed by atoms with van der Waals surface area (Å²) in [5, 5.41) is 9.16. The lowest BCUT2D eigenvalue weighted by atomic mass is 10.1. The summed E-state index contributed by atoms with van der Waals surface area (Å²) in [6.07, 6.45) is -0.418. The van der Waals surface area contributed by atoms with Crippen molar-refractivity contribution < 1.29 is 33.0 Å². The zero-order valence-electron chi connectivity index (χ0n) is 14.9. The number of aromatic carboxylic acids is 1. The topological polar surface area (TPSA) is 79.3 Å². The molecule has 1 aromatic carbocycles. The van der Waals surface area contributed by atoms with Crippen LogP contribution in [0.5, 0.6) is 5.75 Å². The van der Waals surface area contributed by atoms with Gasteiger partial charge in [-0.05, 0) is 32.9 Å². The van der Waals surface area contributed by atoms with E-state index in [0.29, 0.717) is 31.9 Å². The number of hydrogen-bond donors (Lipinski definition) is 1. The van der Waals surface area contributed by atoms with Gasteiger partial charge in [-0.15, -0.1) is 0 Å². The minimum absolute atomic E-state index is 0.146. The monoisotopic (exact) mass is 372 g/mol. The van der Waals surface area contributed by atoms with E-state index >= 15 is 0 Å². The average Bonchev–Trinajstić information content (AvgIpc) is 2.52. The van der Waals surface area contributed by atoms with Crippen molar-refractivity contribution in [3.63, 3.8) is 0 Å². The second kappa shape index (κ2) is 7.76. The first-order valence-electron chi connectivity index (χ1n) is 8.11. The summed E-state index contributed by atoms with van der Waals surface area (Å²) < 4.78 is 34.6. The fourth-order valence-corrected chi connectivity index (χ4v) is 2.53. The van der Waals surface area contributed by atoms with Crippen LogP contribution in [0.15, 0.2) is 18.2 Å². The van der Waals surface area contributed by atoms with Crippen LogP contribution in [0.2, 0.25) is 0 Å². The van der Waals surface area contributed by atoms with Crippen molar-refractivity contribution >= 4 is 17.7 Å². The largest absolute Gasteiger partial charge is 0.478 e. The predicted molar refractivity (Wildman–Crippen MR) is 90.1 cm³/mol. The van der Waals surface area contributed by atoms with Crippen LogP contribution in [0.1, 0.15) is 31.1 Å². The zero-order chi connectivity index (χ0) is 19.5. The number of amides is 1. The molecule has 0 atom stereocenters. The van der Waals surface area contributed by atoms with E-state index in [4.69, 9.17) is 9.84 Å². The molecule has 0 spiro atoms. The minimum atomic E-state index is -3.05. The molecule has 0 aromatic heterocycles. The lowest BCUT2D eigenvalue weighted by Gasteiger charge is -2.37. The molecular formula is C17H22F2N2O5. The van der Waals surface area contributed by atoms with E-state index in [1.54, 1.807) is 25.7 Å². The smallest absolute Gasteiger partial charge is 0.410 e. The lowest BCUT2D eigenvalue weighted by Crippen LogP contribution is -2.50. The third-order valence-electron chi connectivity index (χ3n) is 3.66. The second-order valence-electron chi connectivity index (χ2n) is 6.85. The van der Waals surface area contributed by atoms with Crippen molar-refractivity contribution in [3.8, 4) is 5.75 Å². The van der Waals surface area contributed by atoms with Crippen LogP contribution in [-0.4, -0.2) is 60.5 Å². The molecule has 1 aromatic rings. The maximum Gasteiger partial charge on any atom is 0.410 e. The highest BCUT2D eigenvalue weighted by Gasteiger charge is 2.26. The van der Waals surface area contributed by atoms with E-state index in [-0.39, 0.29) is 11.3 Å². The molecule has 1 aliphatic rings. The first-order chi connectivity index (χ1) is 12.0. The minimum Gasteiger partial charge on any atom is -0.478 e. The Labute approximate surface area is 150 Å². The Morgan fingerprint density at radius 2 is 1.73 bits per heavy atom. The number of carbonyl (C=O) groups excluding carboxylic acids is 1. The molecule has 1 N–H and O–H groups in total. The van der Waals surface area contributed by atoms with Crippen molar-refractivity contribution in [1.82, 2.24) is 4.90 Å². The number of rotatable bonds is 4. The van der Waals surface area contributed by atoms with Gasteiger partial charge in [0.2, 0.25) is 0 Å². The number of piperazine rings is 1. The molecular weight excluding hydrogens is 350 g/mol. The molecule has 2 rings (SSSR count). The van der Waals surface area contributed by atoms with Gasteiger partial charge in [-0.2, -0.15) is 8.78 Å². The summed E-state index contributed by atoms with van der Waals surface area (Å²) in [5.41, 5.74) is -0.289. The number of benzene rings is 1. The van der Waals surface area contributed by atoms with Crippen LogP contribution < -0.4 is 9.64 Å². The Morgan fingerprint density at radius 1 is 1.12 bits per heavy atom. The highest BCUT2D eigenvalue weighted by molar-refractivity contribution is 5.89. The molecule has 1 aliphatic heterocycles. The average molecular weight is 372 g/mol. The molecule has 0 unspecified atom stereocenters. The highest BCUT2D eigenvalue weighted by atomic mass is 19.3. The fraction of sp³-hybridized carbons (Fsp3) is 0.529. The number of ether oxygens (including phenoxy) is 2. The molecule has 0 aliphatic carbocycles. The third-order valence-corrected chi connectivity index (χ3v) is 3.66. The van der Waals surface area contributed by atoms with Gasteiger partial charge in [-0.3, -0.25) is 0 Å². The van der Waals surface area contributed by atoms with Gasteiger partial charge in [0.1, 0.15) is 11.4 Å². The van der Waals surface area contributed by atoms with Crippen LogP contribution in [0, 0.1) is 0 Å². The molecule has 9 heteroatoms. The van der Waals surface area contributed by atoms with Gasteiger partial charge in [0.15, 0.2) is 0 Å². The van der Waals surface area contributed by atoms with E-state index in [2.05, 4.69) is 4.74 Å². The van der Waals surface area contributed by atoms with Crippen molar-refractivity contribution in [2.75, 3.05) is 31.1 Å². The molecule has 0 bridgehead atoms. The van der Waals surface area contributed by atoms with Gasteiger partial charge in [0.25, 0.3) is 0 Å². The fourth-order valence-electron chi connectivity index (χ4n) is 2.53. The Balaban J connectivity index is 2.09. The maximum atomic E-state index is 12.5. The van der Waals surface area contributed by atoms with E-state index in [1.165, 1.54) is 12.1 Å². The number of anilines is 1. The molecule has 0 saturated carbocycles. The van der Waals surface area contributed by atoms with Gasteiger partial charge in [0, 0.05) is 37.9 Å². The second-order valence-corrected chi connectivity index (χ2v) is 6.85. The predicted octanol–water partition coefficient (Wildman–Crippen LogP) is 3.04. The van der Waals surface area contributed by atoms with Gasteiger partial charge in [0.05, 0.1) is 5.56 Å². The Bertz CT molecular complexity index is 668. The van der Waals surface area contributed by atoms with Crippen molar-refractivity contribution in [2.45, 2.75) is 33.0 Å². The number of carboxylic acids is 1. The molecule has 26 heavy (non-hydrogen) atoms. The molecule has 0 radical (unpaired) electrons. The molecule has 144 valence electrons. The number of carbonyl (C=O) groups is 2. The normalized spacial score (nSPS) is 15.2. The van der Waals surface area contributed by atoms with Gasteiger partial charge in [-0.1, -0.05) is 0 Å². The highest BCUT2D eigenvalue weighted by Crippen LogP contribution is 2.27. The molecule has 7 nitrogen and oxygen atoms in total. The van der Waals surface area contributed by atoms with Crippen molar-refractivity contribution in [2.24, 2.45) is 0 Å². The first kappa shape index (κ1) is 19.7. The summed E-state index contributed by atoms with van der Waals surface area (Å²) in [6.45, 7) is 3.87. The van der Waals surface area contributed by atoms with Crippen LogP contribution in [0.25, 0.3) is 0 Å². The van der Waals surface area contributed by atoms with E-state index in [1.807, 2.05) is 4.90 Å². The number of halogens is 2. The number of alkyl halides is 2. The summed E-state index contributed by atoms with van der Waals surface area (Å²) in [6, 6.07) is 3.81. The van der Waals surface area contributed by atoms with E-state index in [0.717, 1.165) is 6.07 Å². The van der Waals surface area contributed by atoms with Crippen LogP contribution >= 0.6 is 0 Å². The van der Waals surface area contributed by atoms with Crippen molar-refractivity contribution in [1.29, 1.82) is 0 Å². The van der Waals surface area contributed by atoms with E-state index < -0.39 is 24.3 Å². The standard InChI is InChI=1S/C17H22F2N2O5/c1-17(2,3)26-16(24)21-6-4-20(5-7-21)12-8-11(14(22)23)9-13(10-12)25-15(18)19/h8-10,15H,4-7H2,1-3H3,(H,22,23). The molecule has 1 saturated heterocycles. The van der Waals surface area contributed by atoms with Gasteiger partial charge in [-0.25, -0.2) is 9.59 Å². The molecule has 1 fully saturated rings. The molecule has 1 heterocycles.